The molecule has 1 amide bonds. The number of thiazole rings is 1. The SMILES string of the molecule is CCCCN(C)C(=O)c1sc(=O)n(Cc2ccccc2C)c1C. The maximum atomic E-state index is 12.5. The number of rotatable bonds is 6. The quantitative estimate of drug-likeness (QED) is 0.813. The number of nitrogens with zero attached hydrogens (tertiary/aromatic N) is 2. The summed E-state index contributed by atoms with van der Waals surface area (Å²) >= 11 is 1.05. The first kappa shape index (κ1) is 17.5. The van der Waals surface area contributed by atoms with E-state index in [1.807, 2.05) is 38.1 Å². The Hall–Kier alpha value is -1.88. The largest absolute Gasteiger partial charge is 0.341 e. The van der Waals surface area contributed by atoms with Gasteiger partial charge in [0.25, 0.3) is 5.91 Å². The van der Waals surface area contributed by atoms with Crippen LogP contribution in [0.2, 0.25) is 0 Å². The number of aromatic nitrogens is 1. The van der Waals surface area contributed by atoms with Crippen LogP contribution in [0, 0.1) is 13.8 Å². The third kappa shape index (κ3) is 3.91. The second-order valence-electron chi connectivity index (χ2n) is 5.88. The molecule has 0 unspecified atom stereocenters. The first-order valence-corrected chi connectivity index (χ1v) is 8.77. The van der Waals surface area contributed by atoms with Gasteiger partial charge in [-0.25, -0.2) is 0 Å². The van der Waals surface area contributed by atoms with E-state index in [1.54, 1.807) is 16.5 Å². The lowest BCUT2D eigenvalue weighted by atomic mass is 10.1. The third-order valence-corrected chi connectivity index (χ3v) is 5.19. The number of carbonyl (C=O) groups excluding carboxylic acids is 1. The first-order chi connectivity index (χ1) is 11.0. The van der Waals surface area contributed by atoms with Gasteiger partial charge in [0.15, 0.2) is 0 Å². The molecule has 0 bridgehead atoms. The Morgan fingerprint density at radius 1 is 1.26 bits per heavy atom. The molecule has 124 valence electrons. The molecule has 0 aliphatic carbocycles. The van der Waals surface area contributed by atoms with Gasteiger partial charge in [0.05, 0.1) is 6.54 Å². The Bertz CT molecular complexity index is 746. The maximum Gasteiger partial charge on any atom is 0.308 e. The minimum Gasteiger partial charge on any atom is -0.341 e. The van der Waals surface area contributed by atoms with Gasteiger partial charge in [0.1, 0.15) is 4.88 Å². The summed E-state index contributed by atoms with van der Waals surface area (Å²) in [6.45, 7) is 7.22. The van der Waals surface area contributed by atoms with E-state index < -0.39 is 0 Å². The molecular weight excluding hydrogens is 308 g/mol. The van der Waals surface area contributed by atoms with Gasteiger partial charge in [0.2, 0.25) is 0 Å². The first-order valence-electron chi connectivity index (χ1n) is 7.95. The van der Waals surface area contributed by atoms with Crippen LogP contribution in [0.4, 0.5) is 0 Å². The van der Waals surface area contributed by atoms with E-state index in [-0.39, 0.29) is 10.8 Å². The lowest BCUT2D eigenvalue weighted by Gasteiger charge is -2.16. The molecule has 2 aromatic rings. The fourth-order valence-corrected chi connectivity index (χ4v) is 3.47. The molecule has 0 fully saturated rings. The van der Waals surface area contributed by atoms with Crippen molar-refractivity contribution in [2.75, 3.05) is 13.6 Å². The van der Waals surface area contributed by atoms with Crippen LogP contribution in [0.1, 0.15) is 46.3 Å². The molecule has 0 radical (unpaired) electrons. The standard InChI is InChI=1S/C18H24N2O2S/c1-5-6-11-19(4)17(21)16-14(3)20(18(22)23-16)12-15-10-8-7-9-13(15)2/h7-10H,5-6,11-12H2,1-4H3. The molecule has 23 heavy (non-hydrogen) atoms. The summed E-state index contributed by atoms with van der Waals surface area (Å²) in [6.07, 6.45) is 2.02. The molecular formula is C18H24N2O2S. The Kier molecular flexibility index (Phi) is 5.77. The number of unbranched alkanes of at least 4 members (excludes halogenated alkanes) is 1. The highest BCUT2D eigenvalue weighted by atomic mass is 32.1. The lowest BCUT2D eigenvalue weighted by Crippen LogP contribution is -2.27. The van der Waals surface area contributed by atoms with Crippen LogP contribution in [0.15, 0.2) is 29.1 Å². The highest BCUT2D eigenvalue weighted by Gasteiger charge is 2.20. The molecule has 0 atom stereocenters. The van der Waals surface area contributed by atoms with Crippen molar-refractivity contribution in [1.29, 1.82) is 0 Å². The summed E-state index contributed by atoms with van der Waals surface area (Å²) in [5, 5.41) is 0. The minimum absolute atomic E-state index is 0.0541. The topological polar surface area (TPSA) is 42.3 Å². The zero-order chi connectivity index (χ0) is 17.0. The summed E-state index contributed by atoms with van der Waals surface area (Å²) in [5.41, 5.74) is 3.02. The highest BCUT2D eigenvalue weighted by molar-refractivity contribution is 7.11. The van der Waals surface area contributed by atoms with Crippen molar-refractivity contribution in [2.24, 2.45) is 0 Å². The second-order valence-corrected chi connectivity index (χ2v) is 6.84. The van der Waals surface area contributed by atoms with Crippen LogP contribution < -0.4 is 4.87 Å². The van der Waals surface area contributed by atoms with E-state index in [9.17, 15) is 9.59 Å². The van der Waals surface area contributed by atoms with Gasteiger partial charge in [-0.1, -0.05) is 48.9 Å². The van der Waals surface area contributed by atoms with E-state index in [0.29, 0.717) is 11.4 Å². The van der Waals surface area contributed by atoms with Gasteiger partial charge in [0, 0.05) is 19.3 Å². The van der Waals surface area contributed by atoms with Crippen LogP contribution in [-0.2, 0) is 6.54 Å². The van der Waals surface area contributed by atoms with Crippen molar-refractivity contribution < 1.29 is 4.79 Å². The molecule has 2 rings (SSSR count). The Morgan fingerprint density at radius 3 is 2.61 bits per heavy atom. The van der Waals surface area contributed by atoms with Crippen LogP contribution in [0.3, 0.4) is 0 Å². The minimum atomic E-state index is -0.0713. The van der Waals surface area contributed by atoms with E-state index in [2.05, 4.69) is 6.92 Å². The predicted molar refractivity (Wildman–Crippen MR) is 95.5 cm³/mol. The van der Waals surface area contributed by atoms with Crippen LogP contribution in [0.5, 0.6) is 0 Å². The van der Waals surface area contributed by atoms with E-state index in [1.165, 1.54) is 0 Å². The van der Waals surface area contributed by atoms with Crippen LogP contribution in [-0.4, -0.2) is 29.0 Å². The fraction of sp³-hybridized carbons (Fsp3) is 0.444. The summed E-state index contributed by atoms with van der Waals surface area (Å²) in [5.74, 6) is -0.0541. The normalized spacial score (nSPS) is 10.8. The molecule has 0 aliphatic heterocycles. The van der Waals surface area contributed by atoms with Crippen molar-refractivity contribution in [3.8, 4) is 0 Å². The molecule has 0 aliphatic rings. The zero-order valence-corrected chi connectivity index (χ0v) is 15.1. The Labute approximate surface area is 141 Å². The van der Waals surface area contributed by atoms with E-state index in [0.717, 1.165) is 47.5 Å². The van der Waals surface area contributed by atoms with Crippen molar-refractivity contribution in [1.82, 2.24) is 9.47 Å². The molecule has 0 saturated heterocycles. The lowest BCUT2D eigenvalue weighted by molar-refractivity contribution is 0.0796. The number of carbonyl (C=O) groups is 1. The Balaban J connectivity index is 2.28. The monoisotopic (exact) mass is 332 g/mol. The maximum absolute atomic E-state index is 12.5. The van der Waals surface area contributed by atoms with Gasteiger partial charge in [-0.15, -0.1) is 0 Å². The predicted octanol–water partition coefficient (Wildman–Crippen LogP) is 3.45. The average molecular weight is 332 g/mol. The summed E-state index contributed by atoms with van der Waals surface area (Å²) < 4.78 is 1.70. The van der Waals surface area contributed by atoms with E-state index in [4.69, 9.17) is 0 Å². The number of aryl methyl sites for hydroxylation is 1. The van der Waals surface area contributed by atoms with Gasteiger partial charge in [-0.3, -0.25) is 14.2 Å². The summed E-state index contributed by atoms with van der Waals surface area (Å²) in [7, 11) is 1.80. The number of amides is 1. The number of hydrogen-bond donors (Lipinski definition) is 0. The molecule has 0 N–H and O–H groups in total. The highest BCUT2D eigenvalue weighted by Crippen LogP contribution is 2.17. The number of benzene rings is 1. The molecule has 4 nitrogen and oxygen atoms in total. The molecule has 0 spiro atoms. The van der Waals surface area contributed by atoms with Gasteiger partial charge < -0.3 is 4.90 Å². The summed E-state index contributed by atoms with van der Waals surface area (Å²) in [6, 6.07) is 8.01. The molecule has 5 heteroatoms. The van der Waals surface area contributed by atoms with Gasteiger partial charge in [-0.05, 0) is 31.4 Å². The van der Waals surface area contributed by atoms with Crippen LogP contribution in [0.25, 0.3) is 0 Å². The molecule has 0 saturated carbocycles. The molecule has 1 heterocycles. The van der Waals surface area contributed by atoms with Gasteiger partial charge >= 0.3 is 4.87 Å². The second kappa shape index (κ2) is 7.59. The van der Waals surface area contributed by atoms with Crippen molar-refractivity contribution in [3.05, 3.63) is 55.6 Å². The van der Waals surface area contributed by atoms with Gasteiger partial charge in [-0.2, -0.15) is 0 Å². The molecule has 1 aromatic heterocycles. The Morgan fingerprint density at radius 2 is 1.96 bits per heavy atom. The zero-order valence-electron chi connectivity index (χ0n) is 14.3. The van der Waals surface area contributed by atoms with E-state index >= 15 is 0 Å². The molecule has 1 aromatic carbocycles. The third-order valence-electron chi connectivity index (χ3n) is 4.12. The van der Waals surface area contributed by atoms with Crippen molar-refractivity contribution in [3.63, 3.8) is 0 Å². The van der Waals surface area contributed by atoms with Crippen molar-refractivity contribution in [2.45, 2.75) is 40.2 Å². The smallest absolute Gasteiger partial charge is 0.308 e. The van der Waals surface area contributed by atoms with Crippen LogP contribution >= 0.6 is 11.3 Å². The number of hydrogen-bond acceptors (Lipinski definition) is 3. The van der Waals surface area contributed by atoms with Crippen molar-refractivity contribution >= 4 is 17.2 Å². The fourth-order valence-electron chi connectivity index (χ4n) is 2.49. The summed E-state index contributed by atoms with van der Waals surface area (Å²) in [4.78, 5) is 27.1. The average Bonchev–Trinajstić information content (AvgIpc) is 2.82.